The molecular weight excluding hydrogens is 328 g/mol. The molecule has 0 aromatic heterocycles. The van der Waals surface area contributed by atoms with E-state index in [0.29, 0.717) is 24.4 Å². The van der Waals surface area contributed by atoms with Crippen LogP contribution >= 0.6 is 15.9 Å². The molecule has 0 radical (unpaired) electrons. The highest BCUT2D eigenvalue weighted by Gasteiger charge is 2.30. The first-order valence-electron chi connectivity index (χ1n) is 6.13. The minimum Gasteiger partial charge on any atom is -0.495 e. The van der Waals surface area contributed by atoms with Gasteiger partial charge < -0.3 is 20.1 Å². The van der Waals surface area contributed by atoms with Gasteiger partial charge in [0.1, 0.15) is 5.75 Å². The van der Waals surface area contributed by atoms with Gasteiger partial charge in [-0.1, -0.05) is 0 Å². The molecule has 2 N–H and O–H groups in total. The molecular formula is C13H15BrN2O4. The molecule has 1 fully saturated rings. The molecule has 0 saturated carbocycles. The SMILES string of the molecule is COc1cc(NC(=O)N2CCC(C(=O)O)C2)ccc1Br. The topological polar surface area (TPSA) is 78.9 Å². The summed E-state index contributed by atoms with van der Waals surface area (Å²) in [5.74, 6) is -0.710. The van der Waals surface area contributed by atoms with E-state index < -0.39 is 11.9 Å². The summed E-state index contributed by atoms with van der Waals surface area (Å²) < 4.78 is 5.95. The Hall–Kier alpha value is -1.76. The van der Waals surface area contributed by atoms with Crippen molar-refractivity contribution < 1.29 is 19.4 Å². The van der Waals surface area contributed by atoms with Gasteiger partial charge in [-0.3, -0.25) is 4.79 Å². The monoisotopic (exact) mass is 342 g/mol. The van der Waals surface area contributed by atoms with Crippen LogP contribution in [0.2, 0.25) is 0 Å². The number of halogens is 1. The van der Waals surface area contributed by atoms with Gasteiger partial charge in [0, 0.05) is 24.8 Å². The maximum absolute atomic E-state index is 12.0. The van der Waals surface area contributed by atoms with E-state index in [1.807, 2.05) is 0 Å². The molecule has 1 aromatic rings. The van der Waals surface area contributed by atoms with Crippen molar-refractivity contribution in [3.63, 3.8) is 0 Å². The number of hydrogen-bond donors (Lipinski definition) is 2. The molecule has 1 aliphatic heterocycles. The third kappa shape index (κ3) is 3.22. The van der Waals surface area contributed by atoms with Crippen LogP contribution < -0.4 is 10.1 Å². The maximum atomic E-state index is 12.0. The Balaban J connectivity index is 2.00. The number of carbonyl (C=O) groups is 2. The molecule has 1 saturated heterocycles. The van der Waals surface area contributed by atoms with Gasteiger partial charge in [0.25, 0.3) is 0 Å². The fourth-order valence-corrected chi connectivity index (χ4v) is 2.49. The summed E-state index contributed by atoms with van der Waals surface area (Å²) in [4.78, 5) is 24.4. The van der Waals surface area contributed by atoms with E-state index >= 15 is 0 Å². The Morgan fingerprint density at radius 3 is 2.85 bits per heavy atom. The van der Waals surface area contributed by atoms with Gasteiger partial charge in [0.05, 0.1) is 17.5 Å². The largest absolute Gasteiger partial charge is 0.495 e. The molecule has 0 spiro atoms. The number of hydrogen-bond acceptors (Lipinski definition) is 3. The van der Waals surface area contributed by atoms with Gasteiger partial charge in [0.2, 0.25) is 0 Å². The molecule has 0 bridgehead atoms. The first-order valence-corrected chi connectivity index (χ1v) is 6.93. The fraction of sp³-hybridized carbons (Fsp3) is 0.385. The number of nitrogens with zero attached hydrogens (tertiary/aromatic N) is 1. The Bertz CT molecular complexity index is 535. The number of carbonyl (C=O) groups excluding carboxylic acids is 1. The van der Waals surface area contributed by atoms with E-state index in [1.165, 1.54) is 4.90 Å². The van der Waals surface area contributed by atoms with Crippen LogP contribution in [0.3, 0.4) is 0 Å². The van der Waals surface area contributed by atoms with Crippen LogP contribution in [0.4, 0.5) is 10.5 Å². The molecule has 2 rings (SSSR count). The van der Waals surface area contributed by atoms with Crippen LogP contribution in [-0.2, 0) is 4.79 Å². The molecule has 1 aliphatic rings. The lowest BCUT2D eigenvalue weighted by Crippen LogP contribution is -2.33. The zero-order chi connectivity index (χ0) is 14.7. The average molecular weight is 343 g/mol. The minimum atomic E-state index is -0.856. The second-order valence-electron chi connectivity index (χ2n) is 4.55. The predicted molar refractivity (Wildman–Crippen MR) is 77.0 cm³/mol. The van der Waals surface area contributed by atoms with Crippen LogP contribution in [0.25, 0.3) is 0 Å². The highest BCUT2D eigenvalue weighted by Crippen LogP contribution is 2.28. The number of carboxylic acids is 1. The number of ether oxygens (including phenoxy) is 1. The Labute approximate surface area is 124 Å². The smallest absolute Gasteiger partial charge is 0.321 e. The quantitative estimate of drug-likeness (QED) is 0.883. The second-order valence-corrected chi connectivity index (χ2v) is 5.40. The number of rotatable bonds is 3. The summed E-state index contributed by atoms with van der Waals surface area (Å²) in [5, 5.41) is 11.7. The van der Waals surface area contributed by atoms with Gasteiger partial charge in [0.15, 0.2) is 0 Å². The summed E-state index contributed by atoms with van der Waals surface area (Å²) in [6.07, 6.45) is 0.492. The number of aliphatic carboxylic acids is 1. The van der Waals surface area contributed by atoms with Crippen LogP contribution in [0.1, 0.15) is 6.42 Å². The van der Waals surface area contributed by atoms with Gasteiger partial charge in [-0.25, -0.2) is 4.79 Å². The van der Waals surface area contributed by atoms with Crippen LogP contribution in [0.5, 0.6) is 5.75 Å². The first kappa shape index (κ1) is 14.6. The Morgan fingerprint density at radius 1 is 1.50 bits per heavy atom. The van der Waals surface area contributed by atoms with Gasteiger partial charge >= 0.3 is 12.0 Å². The average Bonchev–Trinajstić information content (AvgIpc) is 2.91. The number of likely N-dealkylation sites (tertiary alicyclic amines) is 1. The van der Waals surface area contributed by atoms with Crippen molar-refractivity contribution in [3.05, 3.63) is 22.7 Å². The van der Waals surface area contributed by atoms with Crippen molar-refractivity contribution in [3.8, 4) is 5.75 Å². The molecule has 2 amide bonds. The lowest BCUT2D eigenvalue weighted by Gasteiger charge is -2.17. The number of methoxy groups -OCH3 is 1. The van der Waals surface area contributed by atoms with Crippen LogP contribution in [-0.4, -0.2) is 42.2 Å². The highest BCUT2D eigenvalue weighted by molar-refractivity contribution is 9.10. The Kier molecular flexibility index (Phi) is 4.49. The summed E-state index contributed by atoms with van der Waals surface area (Å²) >= 11 is 3.33. The molecule has 1 heterocycles. The third-order valence-corrected chi connectivity index (χ3v) is 3.88. The van der Waals surface area contributed by atoms with Gasteiger partial charge in [-0.2, -0.15) is 0 Å². The highest BCUT2D eigenvalue weighted by atomic mass is 79.9. The third-order valence-electron chi connectivity index (χ3n) is 3.23. The van der Waals surface area contributed by atoms with Crippen molar-refractivity contribution in [2.45, 2.75) is 6.42 Å². The second kappa shape index (κ2) is 6.13. The predicted octanol–water partition coefficient (Wildman–Crippen LogP) is 2.40. The molecule has 7 heteroatoms. The summed E-state index contributed by atoms with van der Waals surface area (Å²) in [6, 6.07) is 4.93. The van der Waals surface area contributed by atoms with E-state index in [2.05, 4.69) is 21.2 Å². The van der Waals surface area contributed by atoms with Gasteiger partial charge in [-0.15, -0.1) is 0 Å². The van der Waals surface area contributed by atoms with E-state index in [-0.39, 0.29) is 12.6 Å². The lowest BCUT2D eigenvalue weighted by atomic mass is 10.1. The lowest BCUT2D eigenvalue weighted by molar-refractivity contribution is -0.141. The van der Waals surface area contributed by atoms with Crippen molar-refractivity contribution >= 4 is 33.6 Å². The zero-order valence-electron chi connectivity index (χ0n) is 10.9. The number of benzene rings is 1. The number of anilines is 1. The van der Waals surface area contributed by atoms with Crippen molar-refractivity contribution in [2.75, 3.05) is 25.5 Å². The van der Waals surface area contributed by atoms with Crippen molar-refractivity contribution in [2.24, 2.45) is 5.92 Å². The van der Waals surface area contributed by atoms with Crippen molar-refractivity contribution in [1.29, 1.82) is 0 Å². The van der Waals surface area contributed by atoms with E-state index in [9.17, 15) is 9.59 Å². The van der Waals surface area contributed by atoms with Gasteiger partial charge in [-0.05, 0) is 34.5 Å². The van der Waals surface area contributed by atoms with E-state index in [4.69, 9.17) is 9.84 Å². The number of urea groups is 1. The number of nitrogens with one attached hydrogen (secondary N) is 1. The molecule has 6 nitrogen and oxygen atoms in total. The van der Waals surface area contributed by atoms with Crippen molar-refractivity contribution in [1.82, 2.24) is 4.90 Å². The number of amides is 2. The maximum Gasteiger partial charge on any atom is 0.321 e. The zero-order valence-corrected chi connectivity index (χ0v) is 12.5. The van der Waals surface area contributed by atoms with E-state index in [1.54, 1.807) is 25.3 Å². The molecule has 1 unspecified atom stereocenters. The molecule has 1 atom stereocenters. The molecule has 1 aromatic carbocycles. The number of carboxylic acid groups (broad SMARTS) is 1. The fourth-order valence-electron chi connectivity index (χ4n) is 2.09. The normalized spacial score (nSPS) is 17.9. The van der Waals surface area contributed by atoms with Crippen LogP contribution in [0.15, 0.2) is 22.7 Å². The summed E-state index contributed by atoms with van der Waals surface area (Å²) in [7, 11) is 1.55. The molecule has 0 aliphatic carbocycles. The summed E-state index contributed by atoms with van der Waals surface area (Å²) in [6.45, 7) is 0.700. The standard InChI is InChI=1S/C13H15BrN2O4/c1-20-11-6-9(2-3-10(11)14)15-13(19)16-5-4-8(7-16)12(17)18/h2-3,6,8H,4-5,7H2,1H3,(H,15,19)(H,17,18). The summed E-state index contributed by atoms with van der Waals surface area (Å²) in [5.41, 5.74) is 0.605. The van der Waals surface area contributed by atoms with Crippen LogP contribution in [0, 0.1) is 5.92 Å². The molecule has 20 heavy (non-hydrogen) atoms. The Morgan fingerprint density at radius 2 is 2.25 bits per heavy atom. The first-order chi connectivity index (χ1) is 9.51. The van der Waals surface area contributed by atoms with E-state index in [0.717, 1.165) is 4.47 Å². The molecule has 108 valence electrons. The minimum absolute atomic E-state index is 0.245.